The second kappa shape index (κ2) is 14.0. The van der Waals surface area contributed by atoms with Crippen molar-refractivity contribution in [1.29, 1.82) is 0 Å². The van der Waals surface area contributed by atoms with Gasteiger partial charge in [-0.25, -0.2) is 0 Å². The lowest BCUT2D eigenvalue weighted by molar-refractivity contribution is 0.150. The minimum absolute atomic E-state index is 0.0710. The molecule has 39 heavy (non-hydrogen) atoms. The minimum atomic E-state index is -1.97. The molecule has 1 N–H and O–H groups in total. The molecule has 0 spiro atoms. The zero-order valence-corrected chi connectivity index (χ0v) is 26.4. The summed E-state index contributed by atoms with van der Waals surface area (Å²) in [6.45, 7) is 14.2. The number of hydrogen-bond donors (Lipinski definition) is 1. The van der Waals surface area contributed by atoms with Crippen LogP contribution in [0.15, 0.2) is 78.9 Å². The molecular formula is C33H45NO3SSi. The molecule has 4 nitrogen and oxygen atoms in total. The molecule has 6 heteroatoms. The Balaban J connectivity index is 1.68. The van der Waals surface area contributed by atoms with E-state index in [1.165, 1.54) is 16.7 Å². The van der Waals surface area contributed by atoms with Crippen LogP contribution in [0.4, 0.5) is 0 Å². The molecule has 0 aliphatic heterocycles. The first-order valence-electron chi connectivity index (χ1n) is 13.9. The first-order valence-corrected chi connectivity index (χ1v) is 17.2. The molecule has 210 valence electrons. The second-order valence-corrected chi connectivity index (χ2v) is 16.8. The van der Waals surface area contributed by atoms with E-state index in [1.54, 1.807) is 7.11 Å². The average Bonchev–Trinajstić information content (AvgIpc) is 2.91. The van der Waals surface area contributed by atoms with Gasteiger partial charge < -0.3 is 19.2 Å². The predicted molar refractivity (Wildman–Crippen MR) is 170 cm³/mol. The highest BCUT2D eigenvalue weighted by molar-refractivity contribution is 7.80. The summed E-state index contributed by atoms with van der Waals surface area (Å²) in [7, 11) is -0.263. The Bertz CT molecular complexity index is 1180. The van der Waals surface area contributed by atoms with Crippen molar-refractivity contribution in [2.75, 3.05) is 13.7 Å². The molecular weight excluding hydrogens is 519 g/mol. The molecule has 0 bridgehead atoms. The highest BCUT2D eigenvalue weighted by Gasteiger charge is 2.39. The Morgan fingerprint density at radius 1 is 0.872 bits per heavy atom. The number of nitrogens with one attached hydrogen (secondary N) is 1. The molecule has 0 aliphatic carbocycles. The van der Waals surface area contributed by atoms with E-state index in [1.807, 2.05) is 12.1 Å². The summed E-state index contributed by atoms with van der Waals surface area (Å²) in [5.41, 5.74) is 3.70. The van der Waals surface area contributed by atoms with Crippen LogP contribution in [0.2, 0.25) is 18.1 Å². The van der Waals surface area contributed by atoms with Crippen LogP contribution in [0.5, 0.6) is 11.5 Å². The number of hydrogen-bond acceptors (Lipinski definition) is 4. The summed E-state index contributed by atoms with van der Waals surface area (Å²) < 4.78 is 18.7. The quantitative estimate of drug-likeness (QED) is 0.177. The number of rotatable bonds is 12. The van der Waals surface area contributed by atoms with Crippen LogP contribution >= 0.6 is 12.2 Å². The lowest BCUT2D eigenvalue weighted by Crippen LogP contribution is -2.43. The van der Waals surface area contributed by atoms with Crippen molar-refractivity contribution in [3.05, 3.63) is 95.6 Å². The van der Waals surface area contributed by atoms with E-state index in [4.69, 9.17) is 26.1 Å². The Morgan fingerprint density at radius 3 is 2.13 bits per heavy atom. The van der Waals surface area contributed by atoms with E-state index in [9.17, 15) is 0 Å². The highest BCUT2D eigenvalue weighted by atomic mass is 32.1. The van der Waals surface area contributed by atoms with Crippen molar-refractivity contribution in [1.82, 2.24) is 5.32 Å². The molecule has 0 heterocycles. The van der Waals surface area contributed by atoms with Crippen LogP contribution < -0.4 is 14.5 Å². The lowest BCUT2D eigenvalue weighted by atomic mass is 9.91. The lowest BCUT2D eigenvalue weighted by Gasteiger charge is -2.36. The predicted octanol–water partition coefficient (Wildman–Crippen LogP) is 8.32. The van der Waals surface area contributed by atoms with Gasteiger partial charge in [-0.05, 0) is 78.4 Å². The van der Waals surface area contributed by atoms with Gasteiger partial charge >= 0.3 is 0 Å². The van der Waals surface area contributed by atoms with Gasteiger partial charge in [-0.15, -0.1) is 0 Å². The summed E-state index contributed by atoms with van der Waals surface area (Å²) in [6, 6.07) is 27.2. The fraction of sp³-hybridized carbons (Fsp3) is 0.424. The van der Waals surface area contributed by atoms with Crippen LogP contribution in [0, 0.1) is 0 Å². The van der Waals surface area contributed by atoms with Crippen LogP contribution in [-0.2, 0) is 17.6 Å². The normalized spacial score (nSPS) is 13.3. The maximum Gasteiger partial charge on any atom is 0.256 e. The molecule has 3 aromatic rings. The summed E-state index contributed by atoms with van der Waals surface area (Å²) in [6.07, 6.45) is 2.48. The highest BCUT2D eigenvalue weighted by Crippen LogP contribution is 2.40. The third-order valence-electron chi connectivity index (χ3n) is 7.78. The van der Waals surface area contributed by atoms with Crippen molar-refractivity contribution in [2.24, 2.45) is 0 Å². The van der Waals surface area contributed by atoms with Crippen LogP contribution in [0.1, 0.15) is 56.7 Å². The van der Waals surface area contributed by atoms with Gasteiger partial charge in [-0.1, -0.05) is 94.4 Å². The number of ether oxygens (including phenoxy) is 2. The van der Waals surface area contributed by atoms with Gasteiger partial charge in [0.15, 0.2) is 5.75 Å². The van der Waals surface area contributed by atoms with E-state index < -0.39 is 8.32 Å². The van der Waals surface area contributed by atoms with Crippen molar-refractivity contribution in [2.45, 2.75) is 77.1 Å². The molecule has 0 fully saturated rings. The Labute approximate surface area is 242 Å². The SMILES string of the molecule is COc1cc(CCC(OC(=S)NCCc2ccccc2)C(C)c2ccccc2)ccc1O[Si](C)(C)C(C)(C)C. The maximum absolute atomic E-state index is 6.55. The molecule has 0 aromatic heterocycles. The molecule has 0 radical (unpaired) electrons. The first-order chi connectivity index (χ1) is 18.5. The standard InChI is InChI=1S/C33H45NO3SSi/c1-25(28-16-12-9-13-17-28)29(36-32(38)34-23-22-26-14-10-8-11-15-26)20-18-27-19-21-30(31(24-27)35-5)37-39(6,7)33(2,3)4/h8-17,19,21,24-25,29H,18,20,22-23H2,1-7H3,(H,34,38). The smallest absolute Gasteiger partial charge is 0.256 e. The third-order valence-corrected chi connectivity index (χ3v) is 12.4. The van der Waals surface area contributed by atoms with Gasteiger partial charge in [-0.2, -0.15) is 0 Å². The molecule has 0 aliphatic rings. The fourth-order valence-corrected chi connectivity index (χ4v) is 5.45. The van der Waals surface area contributed by atoms with E-state index in [-0.39, 0.29) is 17.1 Å². The van der Waals surface area contributed by atoms with Crippen LogP contribution in [-0.4, -0.2) is 33.3 Å². The van der Waals surface area contributed by atoms with E-state index in [0.717, 1.165) is 37.3 Å². The van der Waals surface area contributed by atoms with Gasteiger partial charge in [0.1, 0.15) is 11.9 Å². The van der Waals surface area contributed by atoms with E-state index in [0.29, 0.717) is 5.17 Å². The molecule has 0 saturated heterocycles. The molecule has 0 amide bonds. The minimum Gasteiger partial charge on any atom is -0.541 e. The number of methoxy groups -OCH3 is 1. The van der Waals surface area contributed by atoms with Crippen LogP contribution in [0.3, 0.4) is 0 Å². The molecule has 2 unspecified atom stereocenters. The Kier molecular flexibility index (Phi) is 11.0. The number of benzene rings is 3. The summed E-state index contributed by atoms with van der Waals surface area (Å²) in [4.78, 5) is 0. The first kappa shape index (κ1) is 30.7. The maximum atomic E-state index is 6.55. The largest absolute Gasteiger partial charge is 0.541 e. The Hall–Kier alpha value is -2.83. The fourth-order valence-electron chi connectivity index (χ4n) is 4.20. The molecule has 3 aromatic carbocycles. The topological polar surface area (TPSA) is 39.7 Å². The molecule has 3 rings (SSSR count). The third kappa shape index (κ3) is 9.11. The molecule has 0 saturated carbocycles. The Morgan fingerprint density at radius 2 is 1.51 bits per heavy atom. The number of thiocarbonyl (C=S) groups is 1. The van der Waals surface area contributed by atoms with Gasteiger partial charge in [0.2, 0.25) is 0 Å². The average molecular weight is 564 g/mol. The number of aryl methyl sites for hydroxylation is 1. The van der Waals surface area contributed by atoms with Crippen molar-refractivity contribution < 1.29 is 13.9 Å². The summed E-state index contributed by atoms with van der Waals surface area (Å²) >= 11 is 5.62. The van der Waals surface area contributed by atoms with Crippen molar-refractivity contribution in [3.63, 3.8) is 0 Å². The van der Waals surface area contributed by atoms with Gasteiger partial charge in [0.25, 0.3) is 13.5 Å². The van der Waals surface area contributed by atoms with E-state index in [2.05, 4.69) is 113 Å². The summed E-state index contributed by atoms with van der Waals surface area (Å²) in [5.74, 6) is 1.79. The van der Waals surface area contributed by atoms with Gasteiger partial charge in [0, 0.05) is 12.5 Å². The van der Waals surface area contributed by atoms with E-state index >= 15 is 0 Å². The monoisotopic (exact) mass is 563 g/mol. The van der Waals surface area contributed by atoms with Gasteiger partial charge in [-0.3, -0.25) is 0 Å². The van der Waals surface area contributed by atoms with Crippen molar-refractivity contribution >= 4 is 25.7 Å². The van der Waals surface area contributed by atoms with Crippen LogP contribution in [0.25, 0.3) is 0 Å². The summed E-state index contributed by atoms with van der Waals surface area (Å²) in [5, 5.41) is 3.87. The zero-order valence-electron chi connectivity index (χ0n) is 24.6. The van der Waals surface area contributed by atoms with Gasteiger partial charge in [0.05, 0.1) is 7.11 Å². The molecule has 2 atom stereocenters. The van der Waals surface area contributed by atoms with Crippen molar-refractivity contribution in [3.8, 4) is 11.5 Å². The second-order valence-electron chi connectivity index (χ2n) is 11.7. The zero-order chi connectivity index (χ0) is 28.5.